The van der Waals surface area contributed by atoms with Crippen molar-refractivity contribution >= 4 is 0 Å². The van der Waals surface area contributed by atoms with Crippen LogP contribution in [0.4, 0.5) is 4.39 Å². The molecule has 0 radical (unpaired) electrons. The molecule has 3 aromatic rings. The molecule has 4 rings (SSSR count). The molecule has 2 aromatic carbocycles. The van der Waals surface area contributed by atoms with Crippen molar-refractivity contribution in [3.63, 3.8) is 0 Å². The first kappa shape index (κ1) is 17.7. The Morgan fingerprint density at radius 2 is 2.07 bits per heavy atom. The topological polar surface area (TPSA) is 41.1 Å². The molecule has 1 aromatic heterocycles. The second kappa shape index (κ2) is 7.92. The average molecular weight is 365 g/mol. The van der Waals surface area contributed by atoms with E-state index in [0.29, 0.717) is 5.92 Å². The number of halogens is 1. The molecule has 5 heteroatoms. The first-order valence-corrected chi connectivity index (χ1v) is 9.37. The molecule has 2 heterocycles. The van der Waals surface area contributed by atoms with Crippen LogP contribution < -0.4 is 4.74 Å². The highest BCUT2D eigenvalue weighted by atomic mass is 19.1. The van der Waals surface area contributed by atoms with Gasteiger partial charge in [0.05, 0.1) is 13.3 Å². The van der Waals surface area contributed by atoms with Crippen LogP contribution in [0.15, 0.2) is 54.7 Å². The van der Waals surface area contributed by atoms with E-state index in [1.54, 1.807) is 7.11 Å². The minimum absolute atomic E-state index is 0.217. The highest BCUT2D eigenvalue weighted by molar-refractivity contribution is 5.65. The summed E-state index contributed by atoms with van der Waals surface area (Å²) in [6, 6.07) is 14.9. The molecule has 1 aliphatic rings. The van der Waals surface area contributed by atoms with Crippen molar-refractivity contribution in [2.75, 3.05) is 20.2 Å². The van der Waals surface area contributed by atoms with Crippen molar-refractivity contribution in [3.8, 4) is 16.9 Å². The number of aromatic amines is 1. The fourth-order valence-electron chi connectivity index (χ4n) is 3.93. The molecule has 1 atom stereocenters. The quantitative estimate of drug-likeness (QED) is 0.718. The van der Waals surface area contributed by atoms with Crippen molar-refractivity contribution in [1.29, 1.82) is 0 Å². The number of piperidine rings is 1. The summed E-state index contributed by atoms with van der Waals surface area (Å²) in [7, 11) is 1.70. The predicted octanol–water partition coefficient (Wildman–Crippen LogP) is 4.60. The van der Waals surface area contributed by atoms with E-state index >= 15 is 0 Å². The van der Waals surface area contributed by atoms with Gasteiger partial charge in [-0.3, -0.25) is 10.00 Å². The lowest BCUT2D eigenvalue weighted by Crippen LogP contribution is -2.34. The summed E-state index contributed by atoms with van der Waals surface area (Å²) >= 11 is 0. The molecule has 0 amide bonds. The van der Waals surface area contributed by atoms with E-state index in [2.05, 4.69) is 27.2 Å². The fraction of sp³-hybridized carbons (Fsp3) is 0.318. The normalized spacial score (nSPS) is 17.8. The lowest BCUT2D eigenvalue weighted by molar-refractivity contribution is 0.198. The second-order valence-electron chi connectivity index (χ2n) is 7.13. The van der Waals surface area contributed by atoms with Crippen LogP contribution in [-0.2, 0) is 6.54 Å². The maximum Gasteiger partial charge on any atom is 0.123 e. The molecule has 4 nitrogen and oxygen atoms in total. The Balaban J connectivity index is 1.50. The number of methoxy groups -OCH3 is 1. The van der Waals surface area contributed by atoms with E-state index in [1.165, 1.54) is 17.7 Å². The van der Waals surface area contributed by atoms with Gasteiger partial charge >= 0.3 is 0 Å². The molecule has 1 saturated heterocycles. The van der Waals surface area contributed by atoms with E-state index in [1.807, 2.05) is 30.5 Å². The van der Waals surface area contributed by atoms with Crippen molar-refractivity contribution in [2.24, 2.45) is 0 Å². The number of likely N-dealkylation sites (tertiary alicyclic amines) is 1. The van der Waals surface area contributed by atoms with Gasteiger partial charge in [0.15, 0.2) is 0 Å². The molecule has 140 valence electrons. The number of H-pyrrole nitrogens is 1. The van der Waals surface area contributed by atoms with Gasteiger partial charge in [-0.05, 0) is 54.8 Å². The lowest BCUT2D eigenvalue weighted by Gasteiger charge is -2.32. The van der Waals surface area contributed by atoms with Crippen LogP contribution in [0.3, 0.4) is 0 Å². The van der Waals surface area contributed by atoms with Crippen molar-refractivity contribution < 1.29 is 9.13 Å². The average Bonchev–Trinajstić information content (AvgIpc) is 3.19. The molecule has 1 fully saturated rings. The largest absolute Gasteiger partial charge is 0.497 e. The van der Waals surface area contributed by atoms with E-state index in [-0.39, 0.29) is 5.82 Å². The van der Waals surface area contributed by atoms with Gasteiger partial charge in [-0.25, -0.2) is 4.39 Å². The first-order valence-electron chi connectivity index (χ1n) is 9.37. The molecular weight excluding hydrogens is 341 g/mol. The molecule has 27 heavy (non-hydrogen) atoms. The van der Waals surface area contributed by atoms with Crippen LogP contribution in [0, 0.1) is 5.82 Å². The van der Waals surface area contributed by atoms with Crippen molar-refractivity contribution in [3.05, 3.63) is 71.8 Å². The summed E-state index contributed by atoms with van der Waals surface area (Å²) in [5, 5.41) is 7.47. The van der Waals surface area contributed by atoms with E-state index in [9.17, 15) is 4.39 Å². The lowest BCUT2D eigenvalue weighted by atomic mass is 9.90. The number of nitrogens with zero attached hydrogens (tertiary/aromatic N) is 2. The third-order valence-electron chi connectivity index (χ3n) is 5.28. The van der Waals surface area contributed by atoms with Gasteiger partial charge in [-0.1, -0.05) is 24.3 Å². The monoisotopic (exact) mass is 365 g/mol. The highest BCUT2D eigenvalue weighted by Gasteiger charge is 2.25. The Morgan fingerprint density at radius 3 is 2.89 bits per heavy atom. The number of benzene rings is 2. The van der Waals surface area contributed by atoms with Gasteiger partial charge in [0.25, 0.3) is 0 Å². The van der Waals surface area contributed by atoms with Crippen molar-refractivity contribution in [2.45, 2.75) is 25.3 Å². The summed E-state index contributed by atoms with van der Waals surface area (Å²) < 4.78 is 18.6. The minimum atomic E-state index is -0.217. The molecule has 1 aliphatic heterocycles. The summed E-state index contributed by atoms with van der Waals surface area (Å²) in [5.41, 5.74) is 4.49. The standard InChI is InChI=1S/C22H24FN3O/c1-27-20-6-2-4-16(12-20)14-26-11-3-5-18(15-26)22-21(13-24-25-22)17-7-9-19(23)10-8-17/h2,4,6-10,12-13,18H,3,5,11,14-15H2,1H3,(H,24,25)/t18-/m1/s1. The fourth-order valence-corrected chi connectivity index (χ4v) is 3.93. The molecule has 1 N–H and O–H groups in total. The zero-order valence-electron chi connectivity index (χ0n) is 15.5. The highest BCUT2D eigenvalue weighted by Crippen LogP contribution is 2.33. The third kappa shape index (κ3) is 4.03. The van der Waals surface area contributed by atoms with Gasteiger partial charge in [0, 0.05) is 30.3 Å². The van der Waals surface area contributed by atoms with E-state index < -0.39 is 0 Å². The SMILES string of the molecule is COc1cccc(CN2CCC[C@@H](c3[nH]ncc3-c3ccc(F)cc3)C2)c1. The van der Waals surface area contributed by atoms with Crippen LogP contribution >= 0.6 is 0 Å². The first-order chi connectivity index (χ1) is 13.2. The zero-order chi connectivity index (χ0) is 18.6. The number of hydrogen-bond acceptors (Lipinski definition) is 3. The number of hydrogen-bond donors (Lipinski definition) is 1. The number of rotatable bonds is 5. The Kier molecular flexibility index (Phi) is 5.21. The number of aromatic nitrogens is 2. The number of nitrogens with one attached hydrogen (secondary N) is 1. The third-order valence-corrected chi connectivity index (χ3v) is 5.28. The zero-order valence-corrected chi connectivity index (χ0v) is 15.5. The summed E-state index contributed by atoms with van der Waals surface area (Å²) in [5.74, 6) is 1.08. The predicted molar refractivity (Wildman–Crippen MR) is 104 cm³/mol. The molecule has 0 unspecified atom stereocenters. The summed E-state index contributed by atoms with van der Waals surface area (Å²) in [6.07, 6.45) is 4.13. The number of ether oxygens (including phenoxy) is 1. The Hall–Kier alpha value is -2.66. The van der Waals surface area contributed by atoms with Gasteiger partial charge in [0.2, 0.25) is 0 Å². The molecule has 0 spiro atoms. The maximum atomic E-state index is 13.3. The van der Waals surface area contributed by atoms with Gasteiger partial charge < -0.3 is 4.74 Å². The van der Waals surface area contributed by atoms with Crippen LogP contribution in [0.5, 0.6) is 5.75 Å². The van der Waals surface area contributed by atoms with Crippen LogP contribution in [0.2, 0.25) is 0 Å². The van der Waals surface area contributed by atoms with Gasteiger partial charge in [0.1, 0.15) is 11.6 Å². The van der Waals surface area contributed by atoms with Gasteiger partial charge in [-0.15, -0.1) is 0 Å². The Labute approximate surface area is 159 Å². The Morgan fingerprint density at radius 1 is 1.22 bits per heavy atom. The van der Waals surface area contributed by atoms with Crippen molar-refractivity contribution in [1.82, 2.24) is 15.1 Å². The summed E-state index contributed by atoms with van der Waals surface area (Å²) in [6.45, 7) is 2.98. The van der Waals surface area contributed by atoms with Crippen LogP contribution in [0.1, 0.15) is 30.0 Å². The maximum absolute atomic E-state index is 13.3. The van der Waals surface area contributed by atoms with Crippen LogP contribution in [-0.4, -0.2) is 35.3 Å². The minimum Gasteiger partial charge on any atom is -0.497 e. The van der Waals surface area contributed by atoms with E-state index in [4.69, 9.17) is 4.74 Å². The molecule has 0 aliphatic carbocycles. The smallest absolute Gasteiger partial charge is 0.123 e. The Bertz CT molecular complexity index is 891. The van der Waals surface area contributed by atoms with E-state index in [0.717, 1.165) is 55.0 Å². The second-order valence-corrected chi connectivity index (χ2v) is 7.13. The molecule has 0 saturated carbocycles. The van der Waals surface area contributed by atoms with Gasteiger partial charge in [-0.2, -0.15) is 5.10 Å². The molecular formula is C22H24FN3O. The molecule has 0 bridgehead atoms. The van der Waals surface area contributed by atoms with Crippen LogP contribution in [0.25, 0.3) is 11.1 Å². The summed E-state index contributed by atoms with van der Waals surface area (Å²) in [4.78, 5) is 2.48.